The SMILES string of the molecule is Cc1cc(C)c(C(C)NC(=O)CSCc2c(F)cccc2Cl)cc1C. The highest BCUT2D eigenvalue weighted by Crippen LogP contribution is 2.24. The Balaban J connectivity index is 1.91. The molecular weight excluding hydrogens is 357 g/mol. The van der Waals surface area contributed by atoms with E-state index >= 15 is 0 Å². The molecule has 5 heteroatoms. The highest BCUT2D eigenvalue weighted by molar-refractivity contribution is 7.99. The lowest BCUT2D eigenvalue weighted by atomic mass is 9.96. The third kappa shape index (κ3) is 5.23. The van der Waals surface area contributed by atoms with Crippen LogP contribution in [0.25, 0.3) is 0 Å². The minimum atomic E-state index is -0.334. The van der Waals surface area contributed by atoms with Crippen LogP contribution in [0.2, 0.25) is 5.02 Å². The quantitative estimate of drug-likeness (QED) is 0.716. The monoisotopic (exact) mass is 379 g/mol. The van der Waals surface area contributed by atoms with Crippen LogP contribution in [0.15, 0.2) is 30.3 Å². The molecular formula is C20H23ClFNOS. The van der Waals surface area contributed by atoms with Gasteiger partial charge in [-0.05, 0) is 62.1 Å². The minimum absolute atomic E-state index is 0.0653. The number of hydrogen-bond donors (Lipinski definition) is 1. The fraction of sp³-hybridized carbons (Fsp3) is 0.350. The van der Waals surface area contributed by atoms with Crippen molar-refractivity contribution < 1.29 is 9.18 Å². The Kier molecular flexibility index (Phi) is 6.91. The Morgan fingerprint density at radius 2 is 1.88 bits per heavy atom. The predicted molar refractivity (Wildman–Crippen MR) is 105 cm³/mol. The molecule has 0 heterocycles. The largest absolute Gasteiger partial charge is 0.349 e. The molecule has 1 atom stereocenters. The average molecular weight is 380 g/mol. The fourth-order valence-corrected chi connectivity index (χ4v) is 3.90. The van der Waals surface area contributed by atoms with Gasteiger partial charge in [0.1, 0.15) is 5.82 Å². The summed E-state index contributed by atoms with van der Waals surface area (Å²) in [6.45, 7) is 8.19. The lowest BCUT2D eigenvalue weighted by molar-refractivity contribution is -0.119. The van der Waals surface area contributed by atoms with E-state index < -0.39 is 0 Å². The van der Waals surface area contributed by atoms with Crippen molar-refractivity contribution in [3.05, 3.63) is 69.0 Å². The topological polar surface area (TPSA) is 29.1 Å². The molecule has 0 saturated heterocycles. The van der Waals surface area contributed by atoms with Gasteiger partial charge < -0.3 is 5.32 Å². The number of rotatable bonds is 6. The number of benzene rings is 2. The molecule has 0 saturated carbocycles. The summed E-state index contributed by atoms with van der Waals surface area (Å²) in [6.07, 6.45) is 0. The van der Waals surface area contributed by atoms with E-state index in [0.717, 1.165) is 5.56 Å². The Morgan fingerprint density at radius 3 is 2.56 bits per heavy atom. The molecule has 1 N–H and O–H groups in total. The first-order valence-electron chi connectivity index (χ1n) is 8.17. The summed E-state index contributed by atoms with van der Waals surface area (Å²) >= 11 is 7.35. The molecule has 0 fully saturated rings. The van der Waals surface area contributed by atoms with Crippen LogP contribution in [-0.4, -0.2) is 11.7 Å². The predicted octanol–water partition coefficient (Wildman–Crippen LogP) is 5.51. The van der Waals surface area contributed by atoms with Crippen LogP contribution in [0.3, 0.4) is 0 Å². The summed E-state index contributed by atoms with van der Waals surface area (Å²) in [5.74, 6) is 0.233. The number of aryl methyl sites for hydroxylation is 3. The average Bonchev–Trinajstić information content (AvgIpc) is 2.53. The zero-order chi connectivity index (χ0) is 18.6. The molecule has 0 aliphatic rings. The number of halogens is 2. The van der Waals surface area contributed by atoms with Crippen molar-refractivity contribution >= 4 is 29.3 Å². The second kappa shape index (κ2) is 8.72. The standard InChI is InChI=1S/C20H23ClFNOS/c1-12-8-14(3)16(9-13(12)2)15(4)23-20(24)11-25-10-17-18(21)6-5-7-19(17)22/h5-9,15H,10-11H2,1-4H3,(H,23,24). The zero-order valence-electron chi connectivity index (χ0n) is 15.0. The van der Waals surface area contributed by atoms with Crippen LogP contribution < -0.4 is 5.32 Å². The summed E-state index contributed by atoms with van der Waals surface area (Å²) in [5, 5.41) is 3.41. The van der Waals surface area contributed by atoms with Crippen molar-refractivity contribution in [2.45, 2.75) is 39.5 Å². The van der Waals surface area contributed by atoms with Gasteiger partial charge in [-0.25, -0.2) is 4.39 Å². The molecule has 0 spiro atoms. The second-order valence-electron chi connectivity index (χ2n) is 6.28. The summed E-state index contributed by atoms with van der Waals surface area (Å²) < 4.78 is 13.7. The molecule has 0 aliphatic heterocycles. The molecule has 2 rings (SSSR count). The van der Waals surface area contributed by atoms with Gasteiger partial charge in [0.05, 0.1) is 11.8 Å². The minimum Gasteiger partial charge on any atom is -0.349 e. The van der Waals surface area contributed by atoms with E-state index in [1.807, 2.05) is 6.92 Å². The Morgan fingerprint density at radius 1 is 1.20 bits per heavy atom. The molecule has 1 amide bonds. The third-order valence-electron chi connectivity index (χ3n) is 4.27. The van der Waals surface area contributed by atoms with Crippen LogP contribution in [0.5, 0.6) is 0 Å². The highest BCUT2D eigenvalue weighted by atomic mass is 35.5. The van der Waals surface area contributed by atoms with E-state index in [1.54, 1.807) is 12.1 Å². The van der Waals surface area contributed by atoms with E-state index in [1.165, 1.54) is 34.5 Å². The maximum absolute atomic E-state index is 13.7. The molecule has 0 radical (unpaired) electrons. The molecule has 2 aromatic rings. The van der Waals surface area contributed by atoms with Gasteiger partial charge in [-0.3, -0.25) is 4.79 Å². The molecule has 0 aliphatic carbocycles. The van der Waals surface area contributed by atoms with Gasteiger partial charge in [0.15, 0.2) is 0 Å². The summed E-state index contributed by atoms with van der Waals surface area (Å²) in [7, 11) is 0. The van der Waals surface area contributed by atoms with Crippen LogP contribution >= 0.6 is 23.4 Å². The van der Waals surface area contributed by atoms with Gasteiger partial charge in [0.2, 0.25) is 5.91 Å². The first-order valence-corrected chi connectivity index (χ1v) is 9.70. The summed E-state index contributed by atoms with van der Waals surface area (Å²) in [6, 6.07) is 8.82. The Hall–Kier alpha value is -1.52. The normalized spacial score (nSPS) is 12.1. The lowest BCUT2D eigenvalue weighted by Crippen LogP contribution is -2.28. The number of carbonyl (C=O) groups excluding carboxylic acids is 1. The van der Waals surface area contributed by atoms with Crippen LogP contribution in [0, 0.1) is 26.6 Å². The van der Waals surface area contributed by atoms with Crippen molar-refractivity contribution in [1.82, 2.24) is 5.32 Å². The zero-order valence-corrected chi connectivity index (χ0v) is 16.5. The molecule has 0 aromatic heterocycles. The summed E-state index contributed by atoms with van der Waals surface area (Å²) in [5.41, 5.74) is 5.20. The van der Waals surface area contributed by atoms with Crippen molar-refractivity contribution in [1.29, 1.82) is 0 Å². The van der Waals surface area contributed by atoms with E-state index in [4.69, 9.17) is 11.6 Å². The molecule has 134 valence electrons. The van der Waals surface area contributed by atoms with Gasteiger partial charge in [0.25, 0.3) is 0 Å². The fourth-order valence-electron chi connectivity index (χ4n) is 2.73. The molecule has 0 bridgehead atoms. The van der Waals surface area contributed by atoms with Crippen LogP contribution in [-0.2, 0) is 10.5 Å². The van der Waals surface area contributed by atoms with Gasteiger partial charge in [-0.15, -0.1) is 11.8 Å². The Bertz CT molecular complexity index is 758. The molecule has 2 aromatic carbocycles. The van der Waals surface area contributed by atoms with Crippen molar-refractivity contribution in [3.8, 4) is 0 Å². The first-order chi connectivity index (χ1) is 11.8. The molecule has 25 heavy (non-hydrogen) atoms. The highest BCUT2D eigenvalue weighted by Gasteiger charge is 2.14. The maximum atomic E-state index is 13.7. The third-order valence-corrected chi connectivity index (χ3v) is 5.58. The smallest absolute Gasteiger partial charge is 0.230 e. The first kappa shape index (κ1) is 19.8. The number of carbonyl (C=O) groups is 1. The van der Waals surface area contributed by atoms with Crippen LogP contribution in [0.4, 0.5) is 4.39 Å². The van der Waals surface area contributed by atoms with E-state index in [2.05, 4.69) is 38.2 Å². The Labute approximate surface area is 158 Å². The van der Waals surface area contributed by atoms with Crippen LogP contribution in [0.1, 0.15) is 40.8 Å². The molecule has 2 nitrogen and oxygen atoms in total. The van der Waals surface area contributed by atoms with Crippen molar-refractivity contribution in [2.24, 2.45) is 0 Å². The lowest BCUT2D eigenvalue weighted by Gasteiger charge is -2.18. The maximum Gasteiger partial charge on any atom is 0.230 e. The number of nitrogens with one attached hydrogen (secondary N) is 1. The summed E-state index contributed by atoms with van der Waals surface area (Å²) in [4.78, 5) is 12.2. The number of hydrogen-bond acceptors (Lipinski definition) is 2. The van der Waals surface area contributed by atoms with Crippen molar-refractivity contribution in [2.75, 3.05) is 5.75 Å². The van der Waals surface area contributed by atoms with E-state index in [9.17, 15) is 9.18 Å². The van der Waals surface area contributed by atoms with E-state index in [0.29, 0.717) is 16.3 Å². The van der Waals surface area contributed by atoms with Gasteiger partial charge in [0, 0.05) is 16.3 Å². The van der Waals surface area contributed by atoms with Gasteiger partial charge in [-0.1, -0.05) is 29.8 Å². The number of amides is 1. The van der Waals surface area contributed by atoms with Gasteiger partial charge in [-0.2, -0.15) is 0 Å². The number of thioether (sulfide) groups is 1. The second-order valence-corrected chi connectivity index (χ2v) is 7.67. The molecule has 1 unspecified atom stereocenters. The van der Waals surface area contributed by atoms with Gasteiger partial charge >= 0.3 is 0 Å². The van der Waals surface area contributed by atoms with Crippen molar-refractivity contribution in [3.63, 3.8) is 0 Å². The van der Waals surface area contributed by atoms with E-state index in [-0.39, 0.29) is 23.5 Å².